The molecule has 0 rings (SSSR count). The van der Waals surface area contributed by atoms with Gasteiger partial charge < -0.3 is 20.4 Å². The van der Waals surface area contributed by atoms with Gasteiger partial charge in [0.25, 0.3) is 0 Å². The van der Waals surface area contributed by atoms with Crippen molar-refractivity contribution in [3.05, 3.63) is 0 Å². The van der Waals surface area contributed by atoms with Crippen molar-refractivity contribution in [1.82, 2.24) is 0 Å². The lowest BCUT2D eigenvalue weighted by molar-refractivity contribution is 0.220. The fourth-order valence-electron chi connectivity index (χ4n) is 2.44. The van der Waals surface area contributed by atoms with E-state index in [1.807, 2.05) is 98.3 Å². The molecule has 0 aliphatic rings. The summed E-state index contributed by atoms with van der Waals surface area (Å²) in [6, 6.07) is 0. The maximum atomic E-state index is 9.65. The Labute approximate surface area is 232 Å². The van der Waals surface area contributed by atoms with Gasteiger partial charge in [0.05, 0.1) is 24.4 Å². The maximum Gasteiger partial charge on any atom is 0.0602 e. The second-order valence-electron chi connectivity index (χ2n) is 8.15. The van der Waals surface area contributed by atoms with Crippen molar-refractivity contribution in [1.29, 1.82) is 0 Å². The monoisotopic (exact) mass is 598 g/mol. The molecule has 0 aliphatic carbocycles. The maximum absolute atomic E-state index is 9.65. The van der Waals surface area contributed by atoms with Gasteiger partial charge >= 0.3 is 0 Å². The van der Waals surface area contributed by atoms with E-state index < -0.39 is 0 Å². The number of hydrogen-bond donors (Lipinski definition) is 4. The van der Waals surface area contributed by atoms with Crippen LogP contribution in [0.1, 0.15) is 27.7 Å². The Morgan fingerprint density at radius 2 is 0.636 bits per heavy atom. The first kappa shape index (κ1) is 35.3. The molecule has 6 unspecified atom stereocenters. The van der Waals surface area contributed by atoms with E-state index in [1.54, 1.807) is 0 Å². The lowest BCUT2D eigenvalue weighted by atomic mass is 10.5. The van der Waals surface area contributed by atoms with Crippen molar-refractivity contribution < 1.29 is 20.4 Å². The summed E-state index contributed by atoms with van der Waals surface area (Å²) in [6.07, 6.45) is -0.999. The van der Waals surface area contributed by atoms with Crippen LogP contribution in [0.15, 0.2) is 0 Å². The molecule has 200 valence electrons. The van der Waals surface area contributed by atoms with Crippen LogP contribution in [0.25, 0.3) is 0 Å². The minimum Gasteiger partial charge on any atom is -0.393 e. The lowest BCUT2D eigenvalue weighted by Gasteiger charge is -2.23. The summed E-state index contributed by atoms with van der Waals surface area (Å²) in [7, 11) is 0. The van der Waals surface area contributed by atoms with E-state index in [-0.39, 0.29) is 24.4 Å². The standard InChI is InChI=1S/C22H46O4S7/c1-17(23)9-27-5-7-29-13-21(15-31-11-19(3)25)33-22(16-32-12-20(4)26)14-30-8-6-28-10-18(2)24/h17-26H,5-16H2,1-4H3. The van der Waals surface area contributed by atoms with Crippen LogP contribution >= 0.6 is 82.3 Å². The van der Waals surface area contributed by atoms with Crippen LogP contribution in [0.3, 0.4) is 0 Å². The average Bonchev–Trinajstić information content (AvgIpc) is 2.71. The highest BCUT2D eigenvalue weighted by atomic mass is 32.2. The van der Waals surface area contributed by atoms with Gasteiger partial charge in [-0.15, -0.1) is 0 Å². The van der Waals surface area contributed by atoms with E-state index >= 15 is 0 Å². The van der Waals surface area contributed by atoms with Gasteiger partial charge in [-0.05, 0) is 27.7 Å². The Kier molecular flexibility index (Phi) is 26.3. The molecule has 11 heteroatoms. The lowest BCUT2D eigenvalue weighted by Crippen LogP contribution is -2.22. The zero-order chi connectivity index (χ0) is 24.9. The molecule has 0 amide bonds. The van der Waals surface area contributed by atoms with Gasteiger partial charge in [-0.1, -0.05) is 0 Å². The summed E-state index contributed by atoms with van der Waals surface area (Å²) in [6.45, 7) is 7.38. The topological polar surface area (TPSA) is 80.9 Å². The van der Waals surface area contributed by atoms with E-state index in [2.05, 4.69) is 11.8 Å². The van der Waals surface area contributed by atoms with Crippen molar-refractivity contribution >= 4 is 82.3 Å². The molecule has 33 heavy (non-hydrogen) atoms. The van der Waals surface area contributed by atoms with Gasteiger partial charge in [0.15, 0.2) is 0 Å². The molecule has 4 N–H and O–H groups in total. The van der Waals surface area contributed by atoms with E-state index in [0.29, 0.717) is 10.5 Å². The molecule has 6 atom stereocenters. The number of aliphatic hydroxyl groups is 4. The van der Waals surface area contributed by atoms with Gasteiger partial charge in [-0.3, -0.25) is 0 Å². The molecular weight excluding hydrogens is 553 g/mol. The molecule has 0 aromatic rings. The molecule has 4 nitrogen and oxygen atoms in total. The zero-order valence-electron chi connectivity index (χ0n) is 20.6. The number of aliphatic hydroxyl groups excluding tert-OH is 4. The molecule has 0 radical (unpaired) electrons. The number of thioether (sulfide) groups is 7. The molecule has 0 aliphatic heterocycles. The smallest absolute Gasteiger partial charge is 0.0602 e. The van der Waals surface area contributed by atoms with Crippen LogP contribution < -0.4 is 0 Å². The number of rotatable bonds is 24. The van der Waals surface area contributed by atoms with Crippen LogP contribution in [0.5, 0.6) is 0 Å². The first-order valence-corrected chi connectivity index (χ1v) is 19.4. The van der Waals surface area contributed by atoms with Crippen LogP contribution in [-0.4, -0.2) is 124 Å². The SMILES string of the molecule is CC(O)CSCCSCC(CSCC(C)O)SC(CSCCSCC(C)O)CSCC(C)O. The van der Waals surface area contributed by atoms with Crippen LogP contribution in [0.2, 0.25) is 0 Å². The molecule has 0 aromatic heterocycles. The normalized spacial score (nSPS) is 17.5. The summed E-state index contributed by atoms with van der Waals surface area (Å²) in [5.41, 5.74) is 0. The molecular formula is C22H46O4S7. The second-order valence-corrected chi connectivity index (χ2v) is 16.5. The quantitative estimate of drug-likeness (QED) is 0.120. The minimum atomic E-state index is -0.266. The van der Waals surface area contributed by atoms with Crippen LogP contribution in [0.4, 0.5) is 0 Å². The molecule has 0 heterocycles. The van der Waals surface area contributed by atoms with Gasteiger partial charge in [0.1, 0.15) is 0 Å². The molecule has 0 fully saturated rings. The average molecular weight is 599 g/mol. The van der Waals surface area contributed by atoms with Gasteiger partial charge in [-0.25, -0.2) is 0 Å². The van der Waals surface area contributed by atoms with Crippen molar-refractivity contribution in [3.63, 3.8) is 0 Å². The summed E-state index contributed by atoms with van der Waals surface area (Å²) >= 11 is 13.4. The predicted molar refractivity (Wildman–Crippen MR) is 166 cm³/mol. The summed E-state index contributed by atoms with van der Waals surface area (Å²) in [5, 5.41) is 39.2. The van der Waals surface area contributed by atoms with E-state index in [9.17, 15) is 20.4 Å². The minimum absolute atomic E-state index is 0.233. The largest absolute Gasteiger partial charge is 0.393 e. The van der Waals surface area contributed by atoms with E-state index in [1.165, 1.54) is 0 Å². The van der Waals surface area contributed by atoms with Crippen LogP contribution in [-0.2, 0) is 0 Å². The Morgan fingerprint density at radius 1 is 0.394 bits per heavy atom. The third kappa shape index (κ3) is 27.1. The third-order valence-corrected chi connectivity index (χ3v) is 14.0. The summed E-state index contributed by atoms with van der Waals surface area (Å²) in [4.78, 5) is 0. The van der Waals surface area contributed by atoms with E-state index in [4.69, 9.17) is 0 Å². The first-order chi connectivity index (χ1) is 15.7. The summed E-state index contributed by atoms with van der Waals surface area (Å²) < 4.78 is 0. The highest BCUT2D eigenvalue weighted by Gasteiger charge is 2.19. The van der Waals surface area contributed by atoms with Crippen molar-refractivity contribution in [3.8, 4) is 0 Å². The Balaban J connectivity index is 4.58. The highest BCUT2D eigenvalue weighted by Crippen LogP contribution is 2.30. The fourth-order valence-corrected chi connectivity index (χ4v) is 11.4. The second kappa shape index (κ2) is 24.6. The Morgan fingerprint density at radius 3 is 0.939 bits per heavy atom. The van der Waals surface area contributed by atoms with Crippen molar-refractivity contribution in [2.24, 2.45) is 0 Å². The highest BCUT2D eigenvalue weighted by molar-refractivity contribution is 8.08. The molecule has 0 spiro atoms. The zero-order valence-corrected chi connectivity index (χ0v) is 26.3. The van der Waals surface area contributed by atoms with Gasteiger partial charge in [-0.2, -0.15) is 82.3 Å². The molecule has 0 saturated carbocycles. The van der Waals surface area contributed by atoms with E-state index in [0.717, 1.165) is 69.0 Å². The third-order valence-electron chi connectivity index (χ3n) is 3.78. The van der Waals surface area contributed by atoms with Gasteiger partial charge in [0.2, 0.25) is 0 Å². The molecule has 0 bridgehead atoms. The van der Waals surface area contributed by atoms with Crippen LogP contribution in [0, 0.1) is 0 Å². The molecule has 0 aromatic carbocycles. The predicted octanol–water partition coefficient (Wildman–Crippen LogP) is 4.38. The fraction of sp³-hybridized carbons (Fsp3) is 1.00. The Hall–Kier alpha value is 2.29. The summed E-state index contributed by atoms with van der Waals surface area (Å²) in [5.74, 6) is 11.8. The molecule has 0 saturated heterocycles. The first-order valence-electron chi connectivity index (χ1n) is 11.5. The number of hydrogen-bond acceptors (Lipinski definition) is 11. The van der Waals surface area contributed by atoms with Crippen molar-refractivity contribution in [2.45, 2.75) is 62.6 Å². The van der Waals surface area contributed by atoms with Gasteiger partial charge in [0, 0.05) is 79.5 Å². The Bertz CT molecular complexity index is 382. The van der Waals surface area contributed by atoms with Crippen molar-refractivity contribution in [2.75, 3.05) is 69.0 Å².